The Balaban J connectivity index is 2.73. The van der Waals surface area contributed by atoms with Crippen molar-refractivity contribution in [1.82, 2.24) is 5.32 Å². The van der Waals surface area contributed by atoms with Gasteiger partial charge in [-0.15, -0.1) is 0 Å². The van der Waals surface area contributed by atoms with Crippen LogP contribution in [0.2, 0.25) is 0 Å². The normalized spacial score (nSPS) is 12.1. The molecular weight excluding hydrogens is 230 g/mol. The van der Waals surface area contributed by atoms with Crippen LogP contribution < -0.4 is 5.32 Å². The smallest absolute Gasteiger partial charge is 0.328 e. The third-order valence-electron chi connectivity index (χ3n) is 2.40. The summed E-state index contributed by atoms with van der Waals surface area (Å²) < 4.78 is 4.69. The van der Waals surface area contributed by atoms with E-state index >= 15 is 0 Å². The molecule has 1 rings (SSSR count). The van der Waals surface area contributed by atoms with E-state index in [9.17, 15) is 9.59 Å². The molecule has 0 unspecified atom stereocenters. The highest BCUT2D eigenvalue weighted by atomic mass is 16.5. The van der Waals surface area contributed by atoms with Gasteiger partial charge in [-0.05, 0) is 18.6 Å². The van der Waals surface area contributed by atoms with Crippen molar-refractivity contribution in [1.29, 1.82) is 0 Å². The number of ether oxygens (including phenoxy) is 1. The van der Waals surface area contributed by atoms with Gasteiger partial charge in [0.15, 0.2) is 0 Å². The second kappa shape index (κ2) is 7.27. The van der Waals surface area contributed by atoms with Crippen molar-refractivity contribution >= 4 is 11.9 Å². The van der Waals surface area contributed by atoms with Crippen LogP contribution in [0.1, 0.15) is 12.5 Å². The number of rotatable bonds is 5. The Hall–Kier alpha value is -2.10. The zero-order valence-electron chi connectivity index (χ0n) is 10.6. The predicted octanol–water partition coefficient (Wildman–Crippen LogP) is 1.46. The molecule has 1 N–H and O–H groups in total. The zero-order chi connectivity index (χ0) is 13.4. The lowest BCUT2D eigenvalue weighted by Crippen LogP contribution is -2.42. The van der Waals surface area contributed by atoms with Gasteiger partial charge in [-0.3, -0.25) is 4.79 Å². The Morgan fingerprint density at radius 1 is 1.33 bits per heavy atom. The molecule has 0 aliphatic heterocycles. The van der Waals surface area contributed by atoms with E-state index in [0.717, 1.165) is 5.56 Å². The monoisotopic (exact) mass is 247 g/mol. The van der Waals surface area contributed by atoms with Crippen molar-refractivity contribution in [3.05, 3.63) is 48.0 Å². The minimum absolute atomic E-state index is 0.302. The molecule has 0 fully saturated rings. The summed E-state index contributed by atoms with van der Waals surface area (Å²) in [6.45, 7) is 1.74. The molecule has 4 nitrogen and oxygen atoms in total. The van der Waals surface area contributed by atoms with Crippen LogP contribution in [0.3, 0.4) is 0 Å². The van der Waals surface area contributed by atoms with E-state index in [1.165, 1.54) is 13.2 Å². The van der Waals surface area contributed by atoms with Gasteiger partial charge >= 0.3 is 5.97 Å². The van der Waals surface area contributed by atoms with Gasteiger partial charge in [0.2, 0.25) is 5.91 Å². The third-order valence-corrected chi connectivity index (χ3v) is 2.40. The fraction of sp³-hybridized carbons (Fsp3) is 0.286. The first kappa shape index (κ1) is 14.0. The van der Waals surface area contributed by atoms with E-state index in [0.29, 0.717) is 6.42 Å². The molecule has 1 aromatic carbocycles. The first-order valence-electron chi connectivity index (χ1n) is 5.72. The van der Waals surface area contributed by atoms with Gasteiger partial charge in [0.05, 0.1) is 7.11 Å². The van der Waals surface area contributed by atoms with Crippen molar-refractivity contribution in [3.8, 4) is 0 Å². The van der Waals surface area contributed by atoms with Crippen molar-refractivity contribution in [2.75, 3.05) is 7.11 Å². The van der Waals surface area contributed by atoms with Gasteiger partial charge in [-0.2, -0.15) is 0 Å². The maximum atomic E-state index is 11.6. The number of amides is 1. The van der Waals surface area contributed by atoms with Crippen molar-refractivity contribution < 1.29 is 14.3 Å². The second-order valence-corrected chi connectivity index (χ2v) is 3.77. The fourth-order valence-corrected chi connectivity index (χ4v) is 1.56. The van der Waals surface area contributed by atoms with Crippen LogP contribution >= 0.6 is 0 Å². The molecule has 1 atom stereocenters. The molecule has 1 aromatic rings. The number of benzene rings is 1. The first-order valence-corrected chi connectivity index (χ1v) is 5.72. The van der Waals surface area contributed by atoms with Gasteiger partial charge in [0.1, 0.15) is 6.04 Å². The molecule has 0 saturated carbocycles. The number of carbonyl (C=O) groups is 2. The van der Waals surface area contributed by atoms with Crippen LogP contribution in [0.15, 0.2) is 42.5 Å². The van der Waals surface area contributed by atoms with Crippen molar-refractivity contribution in [3.63, 3.8) is 0 Å². The van der Waals surface area contributed by atoms with Crippen LogP contribution in [0.4, 0.5) is 0 Å². The maximum Gasteiger partial charge on any atom is 0.328 e. The molecule has 0 heterocycles. The predicted molar refractivity (Wildman–Crippen MR) is 68.9 cm³/mol. The number of hydrogen-bond donors (Lipinski definition) is 1. The summed E-state index contributed by atoms with van der Waals surface area (Å²) in [5, 5.41) is 2.62. The number of methoxy groups -OCH3 is 1. The van der Waals surface area contributed by atoms with Crippen LogP contribution in [-0.2, 0) is 20.7 Å². The van der Waals surface area contributed by atoms with Crippen molar-refractivity contribution in [2.45, 2.75) is 19.4 Å². The third kappa shape index (κ3) is 4.41. The summed E-state index contributed by atoms with van der Waals surface area (Å²) in [7, 11) is 1.31. The van der Waals surface area contributed by atoms with Crippen LogP contribution in [0, 0.1) is 0 Å². The average molecular weight is 247 g/mol. The molecule has 1 amide bonds. The van der Waals surface area contributed by atoms with Gasteiger partial charge < -0.3 is 10.1 Å². The highest BCUT2D eigenvalue weighted by molar-refractivity contribution is 5.91. The minimum atomic E-state index is -0.666. The molecule has 0 radical (unpaired) electrons. The molecule has 18 heavy (non-hydrogen) atoms. The highest BCUT2D eigenvalue weighted by Gasteiger charge is 2.20. The number of esters is 1. The standard InChI is InChI=1S/C14H17NO3/c1-3-7-13(16)15-12(14(17)18-2)10-11-8-5-4-6-9-11/h3-9,12H,10H2,1-2H3,(H,15,16)/t12-/m0/s1. The lowest BCUT2D eigenvalue weighted by molar-refractivity contribution is -0.144. The number of hydrogen-bond acceptors (Lipinski definition) is 3. The molecule has 0 aliphatic rings. The lowest BCUT2D eigenvalue weighted by atomic mass is 10.1. The Labute approximate surface area is 107 Å². The summed E-state index contributed by atoms with van der Waals surface area (Å²) >= 11 is 0. The van der Waals surface area contributed by atoms with Gasteiger partial charge in [-0.1, -0.05) is 36.4 Å². The summed E-state index contributed by atoms with van der Waals surface area (Å²) in [6, 6.07) is 8.81. The molecule has 0 spiro atoms. The number of allylic oxidation sites excluding steroid dienone is 1. The summed E-state index contributed by atoms with van der Waals surface area (Å²) in [6.07, 6.45) is 3.41. The van der Waals surface area contributed by atoms with E-state index < -0.39 is 12.0 Å². The van der Waals surface area contributed by atoms with Gasteiger partial charge in [-0.25, -0.2) is 4.79 Å². The zero-order valence-corrected chi connectivity index (χ0v) is 10.6. The van der Waals surface area contributed by atoms with Crippen molar-refractivity contribution in [2.24, 2.45) is 0 Å². The van der Waals surface area contributed by atoms with E-state index in [1.807, 2.05) is 30.3 Å². The maximum absolute atomic E-state index is 11.6. The molecule has 4 heteroatoms. The number of carbonyl (C=O) groups excluding carboxylic acids is 2. The Bertz CT molecular complexity index is 426. The molecule has 0 bridgehead atoms. The van der Waals surface area contributed by atoms with E-state index in [4.69, 9.17) is 0 Å². The lowest BCUT2D eigenvalue weighted by Gasteiger charge is -2.15. The van der Waals surface area contributed by atoms with Crippen LogP contribution in [0.25, 0.3) is 0 Å². The van der Waals surface area contributed by atoms with E-state index in [2.05, 4.69) is 10.1 Å². The topological polar surface area (TPSA) is 55.4 Å². The minimum Gasteiger partial charge on any atom is -0.467 e. The average Bonchev–Trinajstić information content (AvgIpc) is 2.38. The van der Waals surface area contributed by atoms with Gasteiger partial charge in [0.25, 0.3) is 0 Å². The van der Waals surface area contributed by atoms with Crippen LogP contribution in [-0.4, -0.2) is 25.0 Å². The first-order chi connectivity index (χ1) is 8.67. The molecule has 0 aliphatic carbocycles. The highest BCUT2D eigenvalue weighted by Crippen LogP contribution is 2.04. The van der Waals surface area contributed by atoms with Crippen LogP contribution in [0.5, 0.6) is 0 Å². The Kier molecular flexibility index (Phi) is 5.64. The largest absolute Gasteiger partial charge is 0.467 e. The van der Waals surface area contributed by atoms with E-state index in [-0.39, 0.29) is 5.91 Å². The summed E-state index contributed by atoms with van der Waals surface area (Å²) in [5.41, 5.74) is 0.966. The quantitative estimate of drug-likeness (QED) is 0.633. The van der Waals surface area contributed by atoms with E-state index in [1.54, 1.807) is 13.0 Å². The number of nitrogens with one attached hydrogen (secondary N) is 1. The Morgan fingerprint density at radius 2 is 2.00 bits per heavy atom. The SMILES string of the molecule is CC=CC(=O)N[C@@H](Cc1ccccc1)C(=O)OC. The molecular formula is C14H17NO3. The summed E-state index contributed by atoms with van der Waals surface area (Å²) in [5.74, 6) is -0.750. The van der Waals surface area contributed by atoms with Gasteiger partial charge in [0, 0.05) is 6.42 Å². The second-order valence-electron chi connectivity index (χ2n) is 3.77. The molecule has 0 saturated heterocycles. The fourth-order valence-electron chi connectivity index (χ4n) is 1.56. The molecule has 96 valence electrons. The Morgan fingerprint density at radius 3 is 2.56 bits per heavy atom. The molecule has 0 aromatic heterocycles. The summed E-state index contributed by atoms with van der Waals surface area (Å²) in [4.78, 5) is 23.1.